The SMILES string of the molecule is c1ccc2c(c1)-c1cccc3c(-c4ccc(-c5ccc(-n6c7ccccc7c7[nH]ccc76)cc5)cc4)ccc-2c13. The van der Waals surface area contributed by atoms with E-state index in [1.165, 1.54) is 82.9 Å². The molecule has 9 rings (SSSR count). The summed E-state index contributed by atoms with van der Waals surface area (Å²) in [6, 6.07) is 48.7. The van der Waals surface area contributed by atoms with Crippen molar-refractivity contribution in [2.45, 2.75) is 0 Å². The van der Waals surface area contributed by atoms with Crippen molar-refractivity contribution in [1.82, 2.24) is 9.55 Å². The van der Waals surface area contributed by atoms with Gasteiger partial charge in [-0.3, -0.25) is 0 Å². The van der Waals surface area contributed by atoms with Gasteiger partial charge in [0.1, 0.15) is 0 Å². The van der Waals surface area contributed by atoms with Crippen molar-refractivity contribution in [2.24, 2.45) is 0 Å². The summed E-state index contributed by atoms with van der Waals surface area (Å²) < 4.78 is 2.34. The molecule has 0 unspecified atom stereocenters. The number of fused-ring (bicyclic) bond motifs is 6. The van der Waals surface area contributed by atoms with Gasteiger partial charge in [0.25, 0.3) is 0 Å². The molecule has 2 nitrogen and oxygen atoms in total. The summed E-state index contributed by atoms with van der Waals surface area (Å²) in [5.41, 5.74) is 15.1. The molecule has 0 saturated heterocycles. The molecule has 186 valence electrons. The zero-order chi connectivity index (χ0) is 26.2. The van der Waals surface area contributed by atoms with Crippen molar-refractivity contribution >= 4 is 32.7 Å². The third-order valence-corrected chi connectivity index (χ3v) is 8.58. The van der Waals surface area contributed by atoms with Gasteiger partial charge in [0.05, 0.1) is 16.6 Å². The second kappa shape index (κ2) is 8.08. The van der Waals surface area contributed by atoms with E-state index in [0.717, 1.165) is 0 Å². The molecule has 0 spiro atoms. The van der Waals surface area contributed by atoms with Crippen LogP contribution in [0.1, 0.15) is 0 Å². The van der Waals surface area contributed by atoms with Crippen LogP contribution in [0.25, 0.3) is 82.9 Å². The Balaban J connectivity index is 1.09. The fourth-order valence-corrected chi connectivity index (χ4v) is 6.76. The van der Waals surface area contributed by atoms with Crippen LogP contribution in [0.4, 0.5) is 0 Å². The average molecular weight is 509 g/mol. The molecule has 1 aliphatic rings. The van der Waals surface area contributed by atoms with Crippen LogP contribution in [0.15, 0.2) is 140 Å². The summed E-state index contributed by atoms with van der Waals surface area (Å²) >= 11 is 0. The van der Waals surface area contributed by atoms with Gasteiger partial charge >= 0.3 is 0 Å². The number of H-pyrrole nitrogens is 1. The fourth-order valence-electron chi connectivity index (χ4n) is 6.76. The molecule has 2 aromatic heterocycles. The lowest BCUT2D eigenvalue weighted by Gasteiger charge is -2.11. The minimum Gasteiger partial charge on any atom is -0.359 e. The quantitative estimate of drug-likeness (QED) is 0.245. The van der Waals surface area contributed by atoms with E-state index < -0.39 is 0 Å². The van der Waals surface area contributed by atoms with Gasteiger partial charge in [-0.25, -0.2) is 0 Å². The van der Waals surface area contributed by atoms with E-state index in [0.29, 0.717) is 0 Å². The number of aromatic amines is 1. The molecule has 0 aliphatic heterocycles. The number of hydrogen-bond donors (Lipinski definition) is 1. The van der Waals surface area contributed by atoms with Crippen molar-refractivity contribution in [2.75, 3.05) is 0 Å². The van der Waals surface area contributed by atoms with Gasteiger partial charge in [-0.1, -0.05) is 109 Å². The maximum atomic E-state index is 3.41. The van der Waals surface area contributed by atoms with Gasteiger partial charge < -0.3 is 9.55 Å². The third-order valence-electron chi connectivity index (χ3n) is 8.58. The number of para-hydroxylation sites is 1. The number of aromatic nitrogens is 2. The first kappa shape index (κ1) is 21.6. The summed E-state index contributed by atoms with van der Waals surface area (Å²) in [7, 11) is 0. The van der Waals surface area contributed by atoms with Crippen molar-refractivity contribution in [1.29, 1.82) is 0 Å². The Kier molecular flexibility index (Phi) is 4.36. The molecule has 6 aromatic carbocycles. The van der Waals surface area contributed by atoms with Crippen molar-refractivity contribution in [3.63, 3.8) is 0 Å². The Labute approximate surface area is 231 Å². The van der Waals surface area contributed by atoms with E-state index in [9.17, 15) is 0 Å². The molecular weight excluding hydrogens is 484 g/mol. The highest BCUT2D eigenvalue weighted by atomic mass is 15.0. The van der Waals surface area contributed by atoms with Gasteiger partial charge in [0.15, 0.2) is 0 Å². The predicted octanol–water partition coefficient (Wildman–Crippen LogP) is 10.2. The Morgan fingerprint density at radius 1 is 0.400 bits per heavy atom. The third kappa shape index (κ3) is 2.93. The Hall–Kier alpha value is -5.34. The smallest absolute Gasteiger partial charge is 0.0720 e. The Morgan fingerprint density at radius 3 is 1.80 bits per heavy atom. The number of hydrogen-bond acceptors (Lipinski definition) is 0. The first-order valence-electron chi connectivity index (χ1n) is 13.8. The first-order chi connectivity index (χ1) is 19.8. The minimum atomic E-state index is 1.17. The number of rotatable bonds is 3. The van der Waals surface area contributed by atoms with Crippen LogP contribution >= 0.6 is 0 Å². The minimum absolute atomic E-state index is 1.17. The lowest BCUT2D eigenvalue weighted by Crippen LogP contribution is -1.93. The highest BCUT2D eigenvalue weighted by molar-refractivity contribution is 6.18. The van der Waals surface area contributed by atoms with Gasteiger partial charge in [-0.15, -0.1) is 0 Å². The molecule has 1 N–H and O–H groups in total. The lowest BCUT2D eigenvalue weighted by atomic mass is 9.93. The van der Waals surface area contributed by atoms with Crippen molar-refractivity contribution < 1.29 is 0 Å². The van der Waals surface area contributed by atoms with E-state index in [-0.39, 0.29) is 0 Å². The summed E-state index contributed by atoms with van der Waals surface area (Å²) in [6.07, 6.45) is 2.02. The van der Waals surface area contributed by atoms with Crippen LogP contribution in [-0.4, -0.2) is 9.55 Å². The molecule has 0 amide bonds. The summed E-state index contributed by atoms with van der Waals surface area (Å²) in [4.78, 5) is 3.41. The van der Waals surface area contributed by atoms with E-state index in [2.05, 4.69) is 143 Å². The van der Waals surface area contributed by atoms with Gasteiger partial charge in [0.2, 0.25) is 0 Å². The molecule has 0 fully saturated rings. The van der Waals surface area contributed by atoms with Crippen molar-refractivity contribution in [3.8, 4) is 50.2 Å². The molecule has 2 heteroatoms. The molecule has 2 heterocycles. The molecule has 0 saturated carbocycles. The van der Waals surface area contributed by atoms with E-state index in [4.69, 9.17) is 0 Å². The molecule has 0 radical (unpaired) electrons. The molecule has 1 aliphatic carbocycles. The lowest BCUT2D eigenvalue weighted by molar-refractivity contribution is 1.18. The van der Waals surface area contributed by atoms with Gasteiger partial charge in [-0.2, -0.15) is 0 Å². The largest absolute Gasteiger partial charge is 0.359 e. The Morgan fingerprint density at radius 2 is 1.00 bits per heavy atom. The molecule has 40 heavy (non-hydrogen) atoms. The maximum Gasteiger partial charge on any atom is 0.0720 e. The fraction of sp³-hybridized carbons (Fsp3) is 0. The van der Waals surface area contributed by atoms with Gasteiger partial charge in [-0.05, 0) is 79.5 Å². The van der Waals surface area contributed by atoms with Crippen LogP contribution in [0.3, 0.4) is 0 Å². The van der Waals surface area contributed by atoms with Crippen LogP contribution < -0.4 is 0 Å². The average Bonchev–Trinajstić information content (AvgIpc) is 3.71. The van der Waals surface area contributed by atoms with Crippen molar-refractivity contribution in [3.05, 3.63) is 140 Å². The van der Waals surface area contributed by atoms with Crippen LogP contribution in [0.2, 0.25) is 0 Å². The monoisotopic (exact) mass is 508 g/mol. The summed E-state index contributed by atoms with van der Waals surface area (Å²) in [5.74, 6) is 0. The number of nitrogens with zero attached hydrogens (tertiary/aromatic N) is 1. The summed E-state index contributed by atoms with van der Waals surface area (Å²) in [6.45, 7) is 0. The predicted molar refractivity (Wildman–Crippen MR) is 168 cm³/mol. The molecular formula is C38H24N2. The van der Waals surface area contributed by atoms with Gasteiger partial charge in [0, 0.05) is 17.3 Å². The highest BCUT2D eigenvalue weighted by Crippen LogP contribution is 2.49. The molecule has 0 atom stereocenters. The van der Waals surface area contributed by atoms with E-state index in [1.54, 1.807) is 0 Å². The highest BCUT2D eigenvalue weighted by Gasteiger charge is 2.22. The topological polar surface area (TPSA) is 20.7 Å². The summed E-state index contributed by atoms with van der Waals surface area (Å²) in [5, 5.41) is 3.93. The zero-order valence-corrected chi connectivity index (χ0v) is 21.7. The molecule has 0 bridgehead atoms. The standard InChI is InChI=1S/C38H24N2/c1-2-7-30-29(6-1)32-10-5-9-31-28(20-21-33(30)37(31)32)26-14-12-24(13-15-26)25-16-18-27(19-17-25)40-35-11-4-3-8-34(35)38-36(40)22-23-39-38/h1-23,39H. The first-order valence-corrected chi connectivity index (χ1v) is 13.8. The second-order valence-corrected chi connectivity index (χ2v) is 10.6. The normalized spacial score (nSPS) is 12.0. The zero-order valence-electron chi connectivity index (χ0n) is 21.7. The second-order valence-electron chi connectivity index (χ2n) is 10.6. The van der Waals surface area contributed by atoms with E-state index in [1.807, 2.05) is 6.20 Å². The van der Waals surface area contributed by atoms with E-state index >= 15 is 0 Å². The maximum absolute atomic E-state index is 3.41. The molecule has 8 aromatic rings. The Bertz CT molecular complexity index is 2210. The number of nitrogens with one attached hydrogen (secondary N) is 1. The van der Waals surface area contributed by atoms with Crippen LogP contribution in [0.5, 0.6) is 0 Å². The van der Waals surface area contributed by atoms with Crippen LogP contribution in [0, 0.1) is 0 Å². The number of benzene rings is 6. The van der Waals surface area contributed by atoms with Crippen LogP contribution in [-0.2, 0) is 0 Å².